The summed E-state index contributed by atoms with van der Waals surface area (Å²) in [7, 11) is 2.19. The van der Waals surface area contributed by atoms with Gasteiger partial charge in [-0.2, -0.15) is 0 Å². The predicted octanol–water partition coefficient (Wildman–Crippen LogP) is 2.73. The van der Waals surface area contributed by atoms with E-state index in [4.69, 9.17) is 0 Å². The quantitative estimate of drug-likeness (QED) is 0.719. The van der Waals surface area contributed by atoms with Gasteiger partial charge in [-0.1, -0.05) is 26.7 Å². The molecular formula is C16H32N2O2. The summed E-state index contributed by atoms with van der Waals surface area (Å²) >= 11 is 0. The highest BCUT2D eigenvalue weighted by Crippen LogP contribution is 2.27. The van der Waals surface area contributed by atoms with E-state index in [1.165, 1.54) is 25.7 Å². The summed E-state index contributed by atoms with van der Waals surface area (Å²) in [6.45, 7) is 7.78. The number of hydrogen-bond acceptors (Lipinski definition) is 3. The van der Waals surface area contributed by atoms with E-state index in [-0.39, 0.29) is 0 Å². The minimum Gasteiger partial charge on any atom is -0.480 e. The second kappa shape index (κ2) is 7.99. The summed E-state index contributed by atoms with van der Waals surface area (Å²) in [5, 5.41) is 12.4. The van der Waals surface area contributed by atoms with Crippen LogP contribution in [0.4, 0.5) is 0 Å². The minimum absolute atomic E-state index is 0.680. The Labute approximate surface area is 123 Å². The molecule has 1 rings (SSSR count). The third kappa shape index (κ3) is 4.74. The molecule has 0 aromatic carbocycles. The Bertz CT molecular complexity index is 309. The molecule has 1 saturated carbocycles. The first-order chi connectivity index (χ1) is 9.40. The molecule has 2 N–H and O–H groups in total. The Kier molecular flexibility index (Phi) is 6.96. The lowest BCUT2D eigenvalue weighted by atomic mass is 9.85. The molecule has 0 spiro atoms. The van der Waals surface area contributed by atoms with Crippen molar-refractivity contribution >= 4 is 5.97 Å². The van der Waals surface area contributed by atoms with Crippen molar-refractivity contribution in [3.05, 3.63) is 0 Å². The summed E-state index contributed by atoms with van der Waals surface area (Å²) < 4.78 is 0. The van der Waals surface area contributed by atoms with Gasteiger partial charge in [0.25, 0.3) is 0 Å². The van der Waals surface area contributed by atoms with Crippen molar-refractivity contribution in [1.82, 2.24) is 10.2 Å². The normalized spacial score (nSPS) is 26.4. The van der Waals surface area contributed by atoms with Gasteiger partial charge >= 0.3 is 5.97 Å². The maximum atomic E-state index is 11.4. The highest BCUT2D eigenvalue weighted by atomic mass is 16.4. The Morgan fingerprint density at radius 2 is 2.05 bits per heavy atom. The SMILES string of the molecule is CCNC(C)(CCCN(C)C1CCCCC1C)C(=O)O. The Hall–Kier alpha value is -0.610. The van der Waals surface area contributed by atoms with Gasteiger partial charge in [-0.15, -0.1) is 0 Å². The molecule has 20 heavy (non-hydrogen) atoms. The molecule has 1 aliphatic carbocycles. The van der Waals surface area contributed by atoms with Crippen molar-refractivity contribution in [2.75, 3.05) is 20.1 Å². The molecule has 0 bridgehead atoms. The van der Waals surface area contributed by atoms with Gasteiger partial charge in [0, 0.05) is 6.04 Å². The zero-order valence-corrected chi connectivity index (χ0v) is 13.6. The molecule has 3 unspecified atom stereocenters. The summed E-state index contributed by atoms with van der Waals surface area (Å²) in [5.41, 5.74) is -0.784. The van der Waals surface area contributed by atoms with Crippen molar-refractivity contribution in [3.63, 3.8) is 0 Å². The first kappa shape index (κ1) is 17.4. The lowest BCUT2D eigenvalue weighted by Crippen LogP contribution is -2.50. The maximum absolute atomic E-state index is 11.4. The third-order valence-electron chi connectivity index (χ3n) is 4.86. The molecule has 0 aromatic heterocycles. The molecule has 0 aromatic rings. The Morgan fingerprint density at radius 1 is 1.40 bits per heavy atom. The van der Waals surface area contributed by atoms with Crippen molar-refractivity contribution in [2.45, 2.75) is 70.9 Å². The molecule has 0 radical (unpaired) electrons. The Morgan fingerprint density at radius 3 is 2.60 bits per heavy atom. The van der Waals surface area contributed by atoms with E-state index >= 15 is 0 Å². The smallest absolute Gasteiger partial charge is 0.323 e. The van der Waals surface area contributed by atoms with Crippen LogP contribution in [0, 0.1) is 5.92 Å². The molecular weight excluding hydrogens is 252 g/mol. The van der Waals surface area contributed by atoms with Crippen LogP contribution < -0.4 is 5.32 Å². The summed E-state index contributed by atoms with van der Waals surface area (Å²) in [5.74, 6) is 0.0291. The molecule has 4 nitrogen and oxygen atoms in total. The molecule has 0 amide bonds. The molecule has 0 aliphatic heterocycles. The van der Waals surface area contributed by atoms with Gasteiger partial charge in [0.15, 0.2) is 0 Å². The topological polar surface area (TPSA) is 52.6 Å². The van der Waals surface area contributed by atoms with Gasteiger partial charge in [-0.05, 0) is 58.7 Å². The molecule has 0 saturated heterocycles. The van der Waals surface area contributed by atoms with Gasteiger partial charge in [0.05, 0.1) is 0 Å². The second-order valence-corrected chi connectivity index (χ2v) is 6.58. The van der Waals surface area contributed by atoms with Crippen molar-refractivity contribution < 1.29 is 9.90 Å². The van der Waals surface area contributed by atoms with Gasteiger partial charge in [0.2, 0.25) is 0 Å². The van der Waals surface area contributed by atoms with Crippen LogP contribution in [0.2, 0.25) is 0 Å². The van der Waals surface area contributed by atoms with Crippen LogP contribution in [0.15, 0.2) is 0 Å². The lowest BCUT2D eigenvalue weighted by Gasteiger charge is -2.37. The maximum Gasteiger partial charge on any atom is 0.323 e. The Balaban J connectivity index is 2.40. The minimum atomic E-state index is -0.784. The number of nitrogens with zero attached hydrogens (tertiary/aromatic N) is 1. The zero-order valence-electron chi connectivity index (χ0n) is 13.6. The molecule has 118 valence electrons. The molecule has 1 fully saturated rings. The van der Waals surface area contributed by atoms with Crippen LogP contribution >= 0.6 is 0 Å². The second-order valence-electron chi connectivity index (χ2n) is 6.58. The van der Waals surface area contributed by atoms with E-state index in [1.54, 1.807) is 6.92 Å². The fourth-order valence-corrected chi connectivity index (χ4v) is 3.46. The number of aliphatic carboxylic acids is 1. The summed E-state index contributed by atoms with van der Waals surface area (Å²) in [6, 6.07) is 0.680. The van der Waals surface area contributed by atoms with Crippen molar-refractivity contribution in [1.29, 1.82) is 0 Å². The van der Waals surface area contributed by atoms with Crippen LogP contribution in [-0.4, -0.2) is 47.7 Å². The molecule has 3 atom stereocenters. The van der Waals surface area contributed by atoms with Crippen LogP contribution in [0.1, 0.15) is 59.3 Å². The summed E-state index contributed by atoms with van der Waals surface area (Å²) in [6.07, 6.45) is 6.93. The number of likely N-dealkylation sites (N-methyl/N-ethyl adjacent to an activating group) is 1. The number of nitrogens with one attached hydrogen (secondary N) is 1. The predicted molar refractivity (Wildman–Crippen MR) is 83.0 cm³/mol. The first-order valence-electron chi connectivity index (χ1n) is 8.09. The zero-order chi connectivity index (χ0) is 15.2. The van der Waals surface area contributed by atoms with Crippen molar-refractivity contribution in [3.8, 4) is 0 Å². The molecule has 0 heterocycles. The van der Waals surface area contributed by atoms with Gasteiger partial charge in [-0.3, -0.25) is 4.79 Å². The average molecular weight is 284 g/mol. The number of carbonyl (C=O) groups is 1. The van der Waals surface area contributed by atoms with Crippen LogP contribution in [0.25, 0.3) is 0 Å². The van der Waals surface area contributed by atoms with Gasteiger partial charge in [0.1, 0.15) is 5.54 Å². The largest absolute Gasteiger partial charge is 0.480 e. The fraction of sp³-hybridized carbons (Fsp3) is 0.938. The standard InChI is InChI=1S/C16H32N2O2/c1-5-17-16(3,15(19)20)11-8-12-18(4)14-10-7-6-9-13(14)2/h13-14,17H,5-12H2,1-4H3,(H,19,20). The van der Waals surface area contributed by atoms with E-state index < -0.39 is 11.5 Å². The van der Waals surface area contributed by atoms with Crippen molar-refractivity contribution in [2.24, 2.45) is 5.92 Å². The fourth-order valence-electron chi connectivity index (χ4n) is 3.46. The lowest BCUT2D eigenvalue weighted by molar-refractivity contribution is -0.144. The van der Waals surface area contributed by atoms with E-state index in [2.05, 4.69) is 24.2 Å². The average Bonchev–Trinajstić information content (AvgIpc) is 2.39. The number of carboxylic acid groups (broad SMARTS) is 1. The van der Waals surface area contributed by atoms with E-state index in [1.807, 2.05) is 6.92 Å². The number of carboxylic acids is 1. The van der Waals surface area contributed by atoms with Gasteiger partial charge in [-0.25, -0.2) is 0 Å². The molecule has 1 aliphatic rings. The van der Waals surface area contributed by atoms with E-state index in [0.717, 1.165) is 18.9 Å². The van der Waals surface area contributed by atoms with E-state index in [0.29, 0.717) is 19.0 Å². The van der Waals surface area contributed by atoms with E-state index in [9.17, 15) is 9.90 Å². The number of rotatable bonds is 8. The van der Waals surface area contributed by atoms with Crippen LogP contribution in [0.3, 0.4) is 0 Å². The van der Waals surface area contributed by atoms with Crippen LogP contribution in [-0.2, 0) is 4.79 Å². The van der Waals surface area contributed by atoms with Crippen LogP contribution in [0.5, 0.6) is 0 Å². The highest BCUT2D eigenvalue weighted by molar-refractivity contribution is 5.78. The summed E-state index contributed by atoms with van der Waals surface area (Å²) in [4.78, 5) is 13.8. The monoisotopic (exact) mass is 284 g/mol. The van der Waals surface area contributed by atoms with Gasteiger partial charge < -0.3 is 15.3 Å². The molecule has 4 heteroatoms. The highest BCUT2D eigenvalue weighted by Gasteiger charge is 2.32. The number of hydrogen-bond donors (Lipinski definition) is 2. The first-order valence-corrected chi connectivity index (χ1v) is 8.09. The third-order valence-corrected chi connectivity index (χ3v) is 4.86.